The Kier molecular flexibility index (Phi) is 4.27. The van der Waals surface area contributed by atoms with Crippen LogP contribution in [-0.2, 0) is 4.79 Å². The van der Waals surface area contributed by atoms with E-state index < -0.39 is 0 Å². The normalized spacial score (nSPS) is 20.3. The highest BCUT2D eigenvalue weighted by Crippen LogP contribution is 2.53. The molecule has 0 spiro atoms. The number of ether oxygens (including phenoxy) is 1. The number of Topliss-reactive ketones (excluding diaryl/α,β-unsaturated/α-hetero) is 1. The minimum absolute atomic E-state index is 0.126. The molecule has 5 rings (SSSR count). The van der Waals surface area contributed by atoms with Gasteiger partial charge in [-0.05, 0) is 39.9 Å². The third-order valence-corrected chi connectivity index (χ3v) is 6.46. The highest BCUT2D eigenvalue weighted by atomic mass is 35.5. The predicted molar refractivity (Wildman–Crippen MR) is 118 cm³/mol. The third kappa shape index (κ3) is 3.06. The van der Waals surface area contributed by atoms with Gasteiger partial charge < -0.3 is 4.74 Å². The number of halogens is 2. The number of carbonyl (C=O) groups is 1. The highest BCUT2D eigenvalue weighted by molar-refractivity contribution is 6.35. The number of rotatable bonds is 1. The van der Waals surface area contributed by atoms with E-state index in [-0.39, 0.29) is 17.1 Å². The summed E-state index contributed by atoms with van der Waals surface area (Å²) >= 11 is 12.8. The molecule has 4 heteroatoms. The summed E-state index contributed by atoms with van der Waals surface area (Å²) in [6.45, 7) is 4.22. The van der Waals surface area contributed by atoms with Crippen molar-refractivity contribution >= 4 is 39.8 Å². The molecule has 1 atom stereocenters. The summed E-state index contributed by atoms with van der Waals surface area (Å²) in [6, 6.07) is 17.8. The first kappa shape index (κ1) is 18.7. The number of allylic oxidation sites excluding steroid dienone is 2. The largest absolute Gasteiger partial charge is 0.461 e. The van der Waals surface area contributed by atoms with Crippen LogP contribution in [0.2, 0.25) is 10.0 Å². The predicted octanol–water partition coefficient (Wildman–Crippen LogP) is 7.31. The molecule has 3 aromatic rings. The van der Waals surface area contributed by atoms with Gasteiger partial charge in [0.05, 0.1) is 0 Å². The summed E-state index contributed by atoms with van der Waals surface area (Å²) in [5, 5.41) is 3.32. The van der Waals surface area contributed by atoms with Gasteiger partial charge in [-0.25, -0.2) is 0 Å². The Balaban J connectivity index is 1.84. The van der Waals surface area contributed by atoms with Gasteiger partial charge in [-0.3, -0.25) is 4.79 Å². The topological polar surface area (TPSA) is 26.3 Å². The molecule has 146 valence electrons. The van der Waals surface area contributed by atoms with Crippen LogP contribution in [0.5, 0.6) is 5.75 Å². The maximum atomic E-state index is 13.3. The summed E-state index contributed by atoms with van der Waals surface area (Å²) in [5.41, 5.74) is 2.49. The van der Waals surface area contributed by atoms with E-state index in [0.29, 0.717) is 16.5 Å². The van der Waals surface area contributed by atoms with Crippen LogP contribution in [0.4, 0.5) is 0 Å². The molecule has 0 bridgehead atoms. The molecule has 2 nitrogen and oxygen atoms in total. The van der Waals surface area contributed by atoms with Gasteiger partial charge in [-0.1, -0.05) is 73.4 Å². The Morgan fingerprint density at radius 2 is 1.79 bits per heavy atom. The van der Waals surface area contributed by atoms with Crippen LogP contribution in [0, 0.1) is 5.41 Å². The van der Waals surface area contributed by atoms with E-state index in [2.05, 4.69) is 32.0 Å². The molecule has 0 amide bonds. The minimum atomic E-state index is -0.270. The monoisotopic (exact) mass is 422 g/mol. The lowest BCUT2D eigenvalue weighted by atomic mass is 9.69. The average Bonchev–Trinajstić information content (AvgIpc) is 2.65. The van der Waals surface area contributed by atoms with Crippen molar-refractivity contribution in [1.29, 1.82) is 0 Å². The lowest BCUT2D eigenvalue weighted by molar-refractivity contribution is -0.118. The second-order valence-electron chi connectivity index (χ2n) is 8.68. The molecule has 3 aromatic carbocycles. The molecule has 0 N–H and O–H groups in total. The second kappa shape index (κ2) is 6.62. The van der Waals surface area contributed by atoms with Crippen molar-refractivity contribution in [1.82, 2.24) is 0 Å². The van der Waals surface area contributed by atoms with E-state index >= 15 is 0 Å². The highest BCUT2D eigenvalue weighted by Gasteiger charge is 2.43. The molecule has 0 saturated carbocycles. The molecule has 1 aliphatic heterocycles. The van der Waals surface area contributed by atoms with Crippen molar-refractivity contribution < 1.29 is 9.53 Å². The van der Waals surface area contributed by atoms with E-state index in [1.807, 2.05) is 30.3 Å². The standard InChI is InChI=1S/C25H20Cl2O2/c1-25(2)12-19(28)24-21(13-25)29-20-10-7-14-5-3-4-6-16(14)22(20)23(24)17-9-8-15(26)11-18(17)27/h3-11,23H,12-13H2,1-2H3. The zero-order valence-corrected chi connectivity index (χ0v) is 17.8. The SMILES string of the molecule is CC1(C)CC(=O)C2=C(C1)Oc1ccc3ccccc3c1C2c1ccc(Cl)cc1Cl. The summed E-state index contributed by atoms with van der Waals surface area (Å²) in [7, 11) is 0. The van der Waals surface area contributed by atoms with Crippen molar-refractivity contribution in [2.75, 3.05) is 0 Å². The lowest BCUT2D eigenvalue weighted by Gasteiger charge is -2.39. The summed E-state index contributed by atoms with van der Waals surface area (Å²) in [4.78, 5) is 13.3. The first-order chi connectivity index (χ1) is 13.8. The van der Waals surface area contributed by atoms with Gasteiger partial charge >= 0.3 is 0 Å². The molecule has 0 fully saturated rings. The van der Waals surface area contributed by atoms with E-state index in [1.165, 1.54) is 0 Å². The molecular weight excluding hydrogens is 403 g/mol. The first-order valence-corrected chi connectivity index (χ1v) is 10.5. The molecule has 1 unspecified atom stereocenters. The van der Waals surface area contributed by atoms with Gasteiger partial charge in [0.25, 0.3) is 0 Å². The Labute approximate surface area is 180 Å². The van der Waals surface area contributed by atoms with Gasteiger partial charge in [0, 0.05) is 39.9 Å². The van der Waals surface area contributed by atoms with Gasteiger partial charge in [0.1, 0.15) is 11.5 Å². The van der Waals surface area contributed by atoms with Crippen molar-refractivity contribution in [3.8, 4) is 5.75 Å². The average molecular weight is 423 g/mol. The zero-order valence-electron chi connectivity index (χ0n) is 16.3. The van der Waals surface area contributed by atoms with Crippen LogP contribution in [0.3, 0.4) is 0 Å². The third-order valence-electron chi connectivity index (χ3n) is 5.89. The van der Waals surface area contributed by atoms with E-state index in [0.717, 1.165) is 45.4 Å². The van der Waals surface area contributed by atoms with Gasteiger partial charge in [-0.2, -0.15) is 0 Å². The zero-order chi connectivity index (χ0) is 20.3. The molecule has 2 aliphatic rings. The van der Waals surface area contributed by atoms with Gasteiger partial charge in [0.15, 0.2) is 5.78 Å². The van der Waals surface area contributed by atoms with E-state index in [9.17, 15) is 4.79 Å². The lowest BCUT2D eigenvalue weighted by Crippen LogP contribution is -2.33. The number of hydrogen-bond acceptors (Lipinski definition) is 2. The fraction of sp³-hybridized carbons (Fsp3) is 0.240. The fourth-order valence-electron chi connectivity index (χ4n) is 4.68. The molecule has 29 heavy (non-hydrogen) atoms. The van der Waals surface area contributed by atoms with Crippen LogP contribution in [0.1, 0.15) is 43.7 Å². The smallest absolute Gasteiger partial charge is 0.163 e. The van der Waals surface area contributed by atoms with Gasteiger partial charge in [0.2, 0.25) is 0 Å². The van der Waals surface area contributed by atoms with Gasteiger partial charge in [-0.15, -0.1) is 0 Å². The Hall–Kier alpha value is -2.29. The quantitative estimate of drug-likeness (QED) is 0.410. The molecule has 1 aliphatic carbocycles. The minimum Gasteiger partial charge on any atom is -0.461 e. The Morgan fingerprint density at radius 1 is 1.00 bits per heavy atom. The number of benzene rings is 3. The first-order valence-electron chi connectivity index (χ1n) is 9.75. The van der Waals surface area contributed by atoms with Crippen LogP contribution >= 0.6 is 23.2 Å². The van der Waals surface area contributed by atoms with Crippen molar-refractivity contribution in [2.45, 2.75) is 32.6 Å². The fourth-order valence-corrected chi connectivity index (χ4v) is 5.19. The second-order valence-corrected chi connectivity index (χ2v) is 9.52. The molecular formula is C25H20Cl2O2. The maximum Gasteiger partial charge on any atom is 0.163 e. The van der Waals surface area contributed by atoms with E-state index in [4.69, 9.17) is 27.9 Å². The van der Waals surface area contributed by atoms with Crippen molar-refractivity contribution in [3.05, 3.63) is 87.1 Å². The summed E-state index contributed by atoms with van der Waals surface area (Å²) in [5.74, 6) is 1.42. The van der Waals surface area contributed by atoms with Crippen LogP contribution in [0.15, 0.2) is 65.9 Å². The number of carbonyl (C=O) groups excluding carboxylic acids is 1. The summed E-state index contributed by atoms with van der Waals surface area (Å²) < 4.78 is 6.35. The maximum absolute atomic E-state index is 13.3. The summed E-state index contributed by atoms with van der Waals surface area (Å²) in [6.07, 6.45) is 1.22. The van der Waals surface area contributed by atoms with Crippen LogP contribution < -0.4 is 4.74 Å². The number of hydrogen-bond donors (Lipinski definition) is 0. The number of ketones is 1. The Morgan fingerprint density at radius 3 is 2.59 bits per heavy atom. The van der Waals surface area contributed by atoms with Crippen molar-refractivity contribution in [2.24, 2.45) is 5.41 Å². The molecule has 0 aromatic heterocycles. The Bertz CT molecular complexity index is 1210. The molecule has 1 heterocycles. The van der Waals surface area contributed by atoms with Crippen LogP contribution in [-0.4, -0.2) is 5.78 Å². The van der Waals surface area contributed by atoms with E-state index in [1.54, 1.807) is 6.07 Å². The van der Waals surface area contributed by atoms with Crippen LogP contribution in [0.25, 0.3) is 10.8 Å². The molecule has 0 saturated heterocycles. The van der Waals surface area contributed by atoms with Crippen molar-refractivity contribution in [3.63, 3.8) is 0 Å². The number of fused-ring (bicyclic) bond motifs is 3. The molecule has 0 radical (unpaired) electrons.